The summed E-state index contributed by atoms with van der Waals surface area (Å²) < 4.78 is 0. The van der Waals surface area contributed by atoms with Gasteiger partial charge in [-0.2, -0.15) is 0 Å². The van der Waals surface area contributed by atoms with Crippen LogP contribution in [0.3, 0.4) is 0 Å². The zero-order valence-corrected chi connectivity index (χ0v) is 15.7. The van der Waals surface area contributed by atoms with Crippen LogP contribution in [0.4, 0.5) is 0 Å². The van der Waals surface area contributed by atoms with E-state index in [4.69, 9.17) is 5.11 Å². The molecule has 0 aromatic carbocycles. The average Bonchev–Trinajstić information content (AvgIpc) is 2.60. The second kappa shape index (κ2) is 19.4. The van der Waals surface area contributed by atoms with E-state index in [1.54, 1.807) is 0 Å². The van der Waals surface area contributed by atoms with Gasteiger partial charge in [0.1, 0.15) is 0 Å². The molecule has 0 unspecified atom stereocenters. The van der Waals surface area contributed by atoms with Gasteiger partial charge in [-0.15, -0.1) is 0 Å². The zero-order chi connectivity index (χ0) is 17.7. The highest BCUT2D eigenvalue weighted by atomic mass is 16.3. The van der Waals surface area contributed by atoms with Crippen molar-refractivity contribution < 1.29 is 5.11 Å². The van der Waals surface area contributed by atoms with Crippen LogP contribution in [-0.2, 0) is 0 Å². The summed E-state index contributed by atoms with van der Waals surface area (Å²) in [6.45, 7) is 4.31. The van der Waals surface area contributed by atoms with Crippen LogP contribution in [0, 0.1) is 0 Å². The number of unbranched alkanes of at least 4 members (excludes halogenated alkanes) is 2. The van der Waals surface area contributed by atoms with Crippen molar-refractivity contribution >= 4 is 0 Å². The molecule has 0 aliphatic rings. The summed E-state index contributed by atoms with van der Waals surface area (Å²) in [4.78, 5) is 0. The maximum Gasteiger partial charge on any atom is 0.0639 e. The first-order valence-corrected chi connectivity index (χ1v) is 9.32. The van der Waals surface area contributed by atoms with Crippen molar-refractivity contribution in [3.05, 3.63) is 72.4 Å². The Labute approximate surface area is 149 Å². The lowest BCUT2D eigenvalue weighted by atomic mass is 10.1. The molecule has 1 heteroatoms. The predicted octanol–water partition coefficient (Wildman–Crippen LogP) is 6.85. The number of allylic oxidation sites excluding steroid dienone is 11. The first-order chi connectivity index (χ1) is 11.8. The van der Waals surface area contributed by atoms with Gasteiger partial charge in [-0.1, -0.05) is 79.3 Å². The van der Waals surface area contributed by atoms with Gasteiger partial charge >= 0.3 is 0 Å². The molecule has 0 rings (SSSR count). The normalized spacial score (nSPS) is 13.7. The molecule has 0 aromatic heterocycles. The zero-order valence-electron chi connectivity index (χ0n) is 15.7. The minimum Gasteiger partial charge on any atom is -0.392 e. The van der Waals surface area contributed by atoms with E-state index < -0.39 is 0 Å². The summed E-state index contributed by atoms with van der Waals surface area (Å²) in [7, 11) is 0. The van der Waals surface area contributed by atoms with Crippen LogP contribution in [0.5, 0.6) is 0 Å². The Balaban J connectivity index is 3.50. The van der Waals surface area contributed by atoms with Crippen LogP contribution >= 0.6 is 0 Å². The van der Waals surface area contributed by atoms with E-state index in [9.17, 15) is 0 Å². The van der Waals surface area contributed by atoms with Gasteiger partial charge in [-0.3, -0.25) is 0 Å². The third-order valence-electron chi connectivity index (χ3n) is 3.47. The molecule has 0 spiro atoms. The van der Waals surface area contributed by atoms with Crippen molar-refractivity contribution in [1.29, 1.82) is 0 Å². The van der Waals surface area contributed by atoms with E-state index in [1.165, 1.54) is 0 Å². The van der Waals surface area contributed by atoms with Crippen LogP contribution in [0.2, 0.25) is 0 Å². The van der Waals surface area contributed by atoms with Gasteiger partial charge < -0.3 is 5.11 Å². The lowest BCUT2D eigenvalue weighted by Gasteiger charge is -1.94. The van der Waals surface area contributed by atoms with Gasteiger partial charge in [0.05, 0.1) is 6.61 Å². The van der Waals surface area contributed by atoms with Gasteiger partial charge in [0, 0.05) is 0 Å². The average molecular weight is 329 g/mol. The van der Waals surface area contributed by atoms with E-state index in [0.717, 1.165) is 56.9 Å². The number of hydrogen-bond acceptors (Lipinski definition) is 1. The monoisotopic (exact) mass is 328 g/mol. The fourth-order valence-corrected chi connectivity index (χ4v) is 2.02. The van der Waals surface area contributed by atoms with E-state index in [0.29, 0.717) is 0 Å². The van der Waals surface area contributed by atoms with Gasteiger partial charge in [0.2, 0.25) is 0 Å². The van der Waals surface area contributed by atoms with Crippen LogP contribution in [0.15, 0.2) is 72.4 Å². The van der Waals surface area contributed by atoms with Crippen LogP contribution in [0.1, 0.15) is 65.2 Å². The molecule has 0 amide bonds. The predicted molar refractivity (Wildman–Crippen MR) is 109 cm³/mol. The lowest BCUT2D eigenvalue weighted by molar-refractivity contribution is 0.331. The number of hydrogen-bond donors (Lipinski definition) is 1. The van der Waals surface area contributed by atoms with Gasteiger partial charge in [0.15, 0.2) is 0 Å². The number of rotatable bonds is 14. The summed E-state index contributed by atoms with van der Waals surface area (Å²) in [5, 5.41) is 8.88. The Kier molecular flexibility index (Phi) is 18.2. The summed E-state index contributed by atoms with van der Waals surface area (Å²) >= 11 is 0. The highest BCUT2D eigenvalue weighted by molar-refractivity contribution is 5.01. The SMILES string of the molecule is CC/C=C\C/C=C\C/C=C\C/C=C\C/C=C\CCC/C=C(/C)CO. The van der Waals surface area contributed by atoms with E-state index in [-0.39, 0.29) is 6.61 Å². The lowest BCUT2D eigenvalue weighted by Crippen LogP contribution is -1.83. The molecule has 0 bridgehead atoms. The van der Waals surface area contributed by atoms with Crippen LogP contribution in [-0.4, -0.2) is 11.7 Å². The fourth-order valence-electron chi connectivity index (χ4n) is 2.02. The molecule has 0 fully saturated rings. The van der Waals surface area contributed by atoms with E-state index in [1.807, 2.05) is 6.92 Å². The Hall–Kier alpha value is -1.60. The fraction of sp³-hybridized carbons (Fsp3) is 0.478. The Morgan fingerprint density at radius 3 is 1.58 bits per heavy atom. The third kappa shape index (κ3) is 18.4. The van der Waals surface area contributed by atoms with Gasteiger partial charge in [-0.05, 0) is 58.3 Å². The highest BCUT2D eigenvalue weighted by Gasteiger charge is 1.85. The molecule has 0 saturated heterocycles. The van der Waals surface area contributed by atoms with Crippen molar-refractivity contribution in [3.8, 4) is 0 Å². The molecule has 0 heterocycles. The molecular weight excluding hydrogens is 292 g/mol. The van der Waals surface area contributed by atoms with Crippen molar-refractivity contribution in [3.63, 3.8) is 0 Å². The number of aliphatic hydroxyl groups excluding tert-OH is 1. The molecule has 24 heavy (non-hydrogen) atoms. The maximum absolute atomic E-state index is 8.88. The topological polar surface area (TPSA) is 20.2 Å². The number of aliphatic hydroxyl groups is 1. The summed E-state index contributed by atoms with van der Waals surface area (Å²) in [6.07, 6.45) is 32.9. The first kappa shape index (κ1) is 22.4. The van der Waals surface area contributed by atoms with Crippen molar-refractivity contribution in [2.24, 2.45) is 0 Å². The molecule has 134 valence electrons. The Morgan fingerprint density at radius 1 is 0.667 bits per heavy atom. The molecular formula is C23H36O. The molecule has 0 aliphatic carbocycles. The van der Waals surface area contributed by atoms with Crippen molar-refractivity contribution in [2.75, 3.05) is 6.61 Å². The smallest absolute Gasteiger partial charge is 0.0639 e. The minimum atomic E-state index is 0.182. The Bertz CT molecular complexity index is 433. The van der Waals surface area contributed by atoms with Crippen molar-refractivity contribution in [2.45, 2.75) is 65.2 Å². The van der Waals surface area contributed by atoms with E-state index in [2.05, 4.69) is 73.8 Å². The minimum absolute atomic E-state index is 0.182. The molecule has 1 N–H and O–H groups in total. The van der Waals surface area contributed by atoms with Gasteiger partial charge in [-0.25, -0.2) is 0 Å². The second-order valence-corrected chi connectivity index (χ2v) is 5.85. The molecule has 0 atom stereocenters. The summed E-state index contributed by atoms with van der Waals surface area (Å²) in [5.74, 6) is 0. The standard InChI is InChI=1S/C23H36O/c1-3-4-5-6-7-8-9-10-11-12-13-14-15-16-17-18-19-20-21-23(2)22-24/h4-5,7-8,10-11,13-14,16-17,21,24H,3,6,9,12,15,18-20,22H2,1-2H3/b5-4-,8-7-,11-10-,14-13-,17-16-,23-21-. The second-order valence-electron chi connectivity index (χ2n) is 5.85. The Morgan fingerprint density at radius 2 is 1.12 bits per heavy atom. The largest absolute Gasteiger partial charge is 0.392 e. The summed E-state index contributed by atoms with van der Waals surface area (Å²) in [6, 6.07) is 0. The van der Waals surface area contributed by atoms with Crippen LogP contribution in [0.25, 0.3) is 0 Å². The molecule has 0 saturated carbocycles. The quantitative estimate of drug-likeness (QED) is 0.273. The maximum atomic E-state index is 8.88. The van der Waals surface area contributed by atoms with Crippen molar-refractivity contribution in [1.82, 2.24) is 0 Å². The highest BCUT2D eigenvalue weighted by Crippen LogP contribution is 2.02. The molecule has 0 aliphatic heterocycles. The first-order valence-electron chi connectivity index (χ1n) is 9.32. The third-order valence-corrected chi connectivity index (χ3v) is 3.47. The summed E-state index contributed by atoms with van der Waals surface area (Å²) in [5.41, 5.74) is 1.07. The molecule has 0 aromatic rings. The molecule has 0 radical (unpaired) electrons. The van der Waals surface area contributed by atoms with E-state index >= 15 is 0 Å². The van der Waals surface area contributed by atoms with Crippen LogP contribution < -0.4 is 0 Å². The molecule has 1 nitrogen and oxygen atoms in total. The van der Waals surface area contributed by atoms with Gasteiger partial charge in [0.25, 0.3) is 0 Å².